The molecule has 0 unspecified atom stereocenters. The van der Waals surface area contributed by atoms with Crippen LogP contribution in [0.1, 0.15) is 0 Å². The van der Waals surface area contributed by atoms with E-state index in [9.17, 15) is 0 Å². The summed E-state index contributed by atoms with van der Waals surface area (Å²) in [6.45, 7) is 0. The summed E-state index contributed by atoms with van der Waals surface area (Å²) in [5, 5.41) is 26.6. The van der Waals surface area contributed by atoms with Crippen LogP contribution in [0.2, 0.25) is 0 Å². The summed E-state index contributed by atoms with van der Waals surface area (Å²) in [6, 6.07) is 97.5. The van der Waals surface area contributed by atoms with Crippen LogP contribution in [0.25, 0.3) is 197 Å². The molecule has 4 aromatic heterocycles. The van der Waals surface area contributed by atoms with Crippen LogP contribution in [-0.2, 0) is 0 Å². The predicted octanol–water partition coefficient (Wildman–Crippen LogP) is 20.8. The van der Waals surface area contributed by atoms with Gasteiger partial charge in [0.1, 0.15) is 0 Å². The van der Waals surface area contributed by atoms with Crippen molar-refractivity contribution >= 4 is 141 Å². The summed E-state index contributed by atoms with van der Waals surface area (Å²) in [4.78, 5) is 22.7. The number of fused-ring (bicyclic) bond motifs is 7. The van der Waals surface area contributed by atoms with Crippen molar-refractivity contribution in [1.29, 1.82) is 0 Å². The van der Waals surface area contributed by atoms with Gasteiger partial charge in [-0.25, -0.2) is 19.9 Å². The fourth-order valence-corrected chi connectivity index (χ4v) is 14.9. The molecule has 0 radical (unpaired) electrons. The minimum Gasteiger partial charge on any atom is -0.278 e. The smallest absolute Gasteiger partial charge is 0.235 e. The van der Waals surface area contributed by atoms with Crippen molar-refractivity contribution in [3.8, 4) is 56.9 Å². The lowest BCUT2D eigenvalue weighted by atomic mass is 9.91. The maximum Gasteiger partial charge on any atom is 0.235 e. The van der Waals surface area contributed by atoms with E-state index in [2.05, 4.69) is 276 Å². The van der Waals surface area contributed by atoms with E-state index in [1.807, 2.05) is 0 Å². The molecule has 0 N–H and O–H groups in total. The van der Waals surface area contributed by atoms with Crippen molar-refractivity contribution in [2.24, 2.45) is 0 Å². The lowest BCUT2D eigenvalue weighted by molar-refractivity contribution is 0.993. The highest BCUT2D eigenvalue weighted by Gasteiger charge is 2.26. The quantitative estimate of drug-likeness (QED) is 0.156. The summed E-state index contributed by atoms with van der Waals surface area (Å²) in [6.07, 6.45) is 0. The van der Waals surface area contributed by atoms with Crippen LogP contribution in [0.5, 0.6) is 0 Å². The Balaban J connectivity index is 0.857. The zero-order valence-electron chi connectivity index (χ0n) is 46.1. The first-order chi connectivity index (χ1) is 42.6. The van der Waals surface area contributed by atoms with Gasteiger partial charge in [0.2, 0.25) is 11.9 Å². The van der Waals surface area contributed by atoms with Crippen molar-refractivity contribution < 1.29 is 0 Å². The normalized spacial score (nSPS) is 12.4. The first kappa shape index (κ1) is 45.9. The van der Waals surface area contributed by atoms with E-state index in [0.717, 1.165) is 88.6 Å². The van der Waals surface area contributed by atoms with Gasteiger partial charge in [-0.2, -0.15) is 0 Å². The average Bonchev–Trinajstić information content (AvgIpc) is 1.59. The number of para-hydroxylation sites is 2. The largest absolute Gasteiger partial charge is 0.278 e. The molecule has 0 fully saturated rings. The van der Waals surface area contributed by atoms with Gasteiger partial charge in [0.15, 0.2) is 0 Å². The van der Waals surface area contributed by atoms with Crippen molar-refractivity contribution in [2.45, 2.75) is 0 Å². The molecule has 0 spiro atoms. The Morgan fingerprint density at radius 3 is 0.965 bits per heavy atom. The molecule has 0 aliphatic rings. The van der Waals surface area contributed by atoms with Gasteiger partial charge in [0, 0.05) is 43.8 Å². The van der Waals surface area contributed by atoms with Crippen LogP contribution in [0.15, 0.2) is 267 Å². The Labute approximate surface area is 490 Å². The monoisotopic (exact) mass is 1090 g/mol. The van der Waals surface area contributed by atoms with Gasteiger partial charge in [0.25, 0.3) is 0 Å². The van der Waals surface area contributed by atoms with Gasteiger partial charge in [-0.15, -0.1) is 0 Å². The predicted molar refractivity (Wildman–Crippen MR) is 359 cm³/mol. The number of nitrogens with zero attached hydrogens (tertiary/aromatic N) is 6. The maximum atomic E-state index is 5.76. The van der Waals surface area contributed by atoms with Crippen LogP contribution in [0.4, 0.5) is 0 Å². The molecule has 394 valence electrons. The third-order valence-corrected chi connectivity index (χ3v) is 18.6. The molecular weight excluding hydrogens is 1040 g/mol. The molecule has 20 aromatic rings. The van der Waals surface area contributed by atoms with E-state index in [-0.39, 0.29) is 0 Å². The van der Waals surface area contributed by atoms with E-state index in [1.54, 1.807) is 0 Å². The summed E-state index contributed by atoms with van der Waals surface area (Å²) in [5.74, 6) is 1.17. The molecule has 16 aromatic carbocycles. The Morgan fingerprint density at radius 1 is 0.198 bits per heavy atom. The zero-order chi connectivity index (χ0) is 55.9. The van der Waals surface area contributed by atoms with E-state index < -0.39 is 0 Å². The van der Waals surface area contributed by atoms with E-state index in [1.165, 1.54) is 97.0 Å². The standard InChI is InChI=1S/C80H44N6/c1-2-11-45(12-3-1)64-43-65(58-37-52-29-23-46-13-8-14-47-24-30-53(38-58)74(52)71(46)47)82-79(81-64)85-69-22-7-5-20-63(69)77-70(85)36-35-62-61-19-4-6-21-68(61)86(78(62)77)80-83-66(59-39-54-31-25-48-15-9-16-49-26-32-55(40-59)75(54)72(48)49)44-67(84-80)60-41-56-33-27-50-17-10-18-51-28-34-57(42-60)76(56)73(50)51/h1-44H. The molecule has 20 rings (SSSR count). The fourth-order valence-electron chi connectivity index (χ4n) is 14.9. The molecule has 0 amide bonds. The van der Waals surface area contributed by atoms with Gasteiger partial charge in [-0.1, -0.05) is 200 Å². The van der Waals surface area contributed by atoms with Crippen LogP contribution in [-0.4, -0.2) is 29.1 Å². The molecule has 0 atom stereocenters. The van der Waals surface area contributed by atoms with Crippen molar-refractivity contribution in [3.63, 3.8) is 0 Å². The highest BCUT2D eigenvalue weighted by molar-refractivity contribution is 6.28. The van der Waals surface area contributed by atoms with Crippen molar-refractivity contribution in [2.75, 3.05) is 0 Å². The third kappa shape index (κ3) is 6.44. The van der Waals surface area contributed by atoms with E-state index in [4.69, 9.17) is 19.9 Å². The molecule has 0 aliphatic carbocycles. The number of hydrogen-bond acceptors (Lipinski definition) is 4. The molecule has 0 saturated heterocycles. The topological polar surface area (TPSA) is 61.4 Å². The molecule has 6 nitrogen and oxygen atoms in total. The molecule has 0 aliphatic heterocycles. The second kappa shape index (κ2) is 17.0. The summed E-state index contributed by atoms with van der Waals surface area (Å²) >= 11 is 0. The second-order valence-corrected chi connectivity index (χ2v) is 23.3. The minimum absolute atomic E-state index is 0.585. The van der Waals surface area contributed by atoms with Gasteiger partial charge in [-0.3, -0.25) is 9.13 Å². The molecular formula is C80H44N6. The summed E-state index contributed by atoms with van der Waals surface area (Å²) in [7, 11) is 0. The zero-order valence-corrected chi connectivity index (χ0v) is 46.1. The molecule has 0 bridgehead atoms. The number of rotatable bonds is 6. The minimum atomic E-state index is 0.585. The van der Waals surface area contributed by atoms with Crippen LogP contribution >= 0.6 is 0 Å². The van der Waals surface area contributed by atoms with Gasteiger partial charge in [-0.05, 0) is 164 Å². The van der Waals surface area contributed by atoms with E-state index >= 15 is 0 Å². The average molecular weight is 1090 g/mol. The highest BCUT2D eigenvalue weighted by Crippen LogP contribution is 2.45. The van der Waals surface area contributed by atoms with Crippen LogP contribution in [0, 0.1) is 0 Å². The van der Waals surface area contributed by atoms with Gasteiger partial charge < -0.3 is 0 Å². The number of benzene rings is 16. The maximum absolute atomic E-state index is 5.76. The SMILES string of the molecule is c1ccc(-c2cc(-c3cc4ccc5cccc6ccc(c3)c4c56)nc(-n3c4ccccc4c4c3ccc3c5ccccc5n(-c5nc(-c6cc7ccc8cccc9ccc(c6)c7c89)cc(-c6cc7ccc8cccc9ccc(c6)c7c89)n5)c34)n2)cc1. The molecule has 86 heavy (non-hydrogen) atoms. The molecule has 4 heterocycles. The van der Waals surface area contributed by atoms with Gasteiger partial charge >= 0.3 is 0 Å². The lowest BCUT2D eigenvalue weighted by Crippen LogP contribution is -2.05. The summed E-state index contributed by atoms with van der Waals surface area (Å²) in [5.41, 5.74) is 11.5. The highest BCUT2D eigenvalue weighted by atomic mass is 15.2. The Hall–Kier alpha value is -11.6. The Morgan fingerprint density at radius 2 is 0.535 bits per heavy atom. The lowest BCUT2D eigenvalue weighted by Gasteiger charge is -2.16. The summed E-state index contributed by atoms with van der Waals surface area (Å²) < 4.78 is 4.59. The third-order valence-electron chi connectivity index (χ3n) is 18.6. The van der Waals surface area contributed by atoms with Crippen LogP contribution < -0.4 is 0 Å². The van der Waals surface area contributed by atoms with Crippen molar-refractivity contribution in [3.05, 3.63) is 267 Å². The first-order valence-corrected chi connectivity index (χ1v) is 29.4. The van der Waals surface area contributed by atoms with Crippen LogP contribution in [0.3, 0.4) is 0 Å². The van der Waals surface area contributed by atoms with E-state index in [0.29, 0.717) is 11.9 Å². The number of aromatic nitrogens is 6. The Kier molecular flexibility index (Phi) is 9.09. The molecule has 0 saturated carbocycles. The number of hydrogen-bond donors (Lipinski definition) is 0. The molecule has 6 heteroatoms. The fraction of sp³-hybridized carbons (Fsp3) is 0. The van der Waals surface area contributed by atoms with Crippen molar-refractivity contribution in [1.82, 2.24) is 29.1 Å². The van der Waals surface area contributed by atoms with Gasteiger partial charge in [0.05, 0.1) is 44.8 Å². The second-order valence-electron chi connectivity index (χ2n) is 23.3. The first-order valence-electron chi connectivity index (χ1n) is 29.4. The Bertz CT molecular complexity index is 5910.